The van der Waals surface area contributed by atoms with Crippen LogP contribution in [0.1, 0.15) is 44.6 Å². The summed E-state index contributed by atoms with van der Waals surface area (Å²) in [6.07, 6.45) is 4.91. The monoisotopic (exact) mass is 313 g/mol. The lowest BCUT2D eigenvalue weighted by molar-refractivity contribution is 0.281. The van der Waals surface area contributed by atoms with E-state index in [9.17, 15) is 13.5 Å². The van der Waals surface area contributed by atoms with Crippen molar-refractivity contribution >= 4 is 10.0 Å². The largest absolute Gasteiger partial charge is 0.495 e. The summed E-state index contributed by atoms with van der Waals surface area (Å²) in [5, 5.41) is 9.21. The van der Waals surface area contributed by atoms with Gasteiger partial charge < -0.3 is 9.84 Å². The molecule has 2 rings (SSSR count). The van der Waals surface area contributed by atoms with Crippen molar-refractivity contribution in [1.29, 1.82) is 0 Å². The maximum absolute atomic E-state index is 12.7. The van der Waals surface area contributed by atoms with E-state index in [-0.39, 0.29) is 11.5 Å². The number of aliphatic hydroxyl groups excluding tert-OH is 1. The van der Waals surface area contributed by atoms with Crippen molar-refractivity contribution in [3.05, 3.63) is 23.8 Å². The zero-order chi connectivity index (χ0) is 15.5. The van der Waals surface area contributed by atoms with Crippen LogP contribution in [0.15, 0.2) is 23.1 Å². The van der Waals surface area contributed by atoms with E-state index in [0.717, 1.165) is 32.1 Å². The summed E-state index contributed by atoms with van der Waals surface area (Å²) in [7, 11) is -2.24. The van der Waals surface area contributed by atoms with Gasteiger partial charge in [0, 0.05) is 5.54 Å². The molecule has 1 aromatic carbocycles. The molecule has 6 heteroatoms. The van der Waals surface area contributed by atoms with Crippen molar-refractivity contribution < 1.29 is 18.3 Å². The van der Waals surface area contributed by atoms with Gasteiger partial charge in [-0.05, 0) is 37.5 Å². The van der Waals surface area contributed by atoms with Crippen LogP contribution >= 0.6 is 0 Å². The van der Waals surface area contributed by atoms with Crippen LogP contribution in [-0.4, -0.2) is 26.2 Å². The summed E-state index contributed by atoms with van der Waals surface area (Å²) >= 11 is 0. The molecule has 0 bridgehead atoms. The molecule has 0 spiro atoms. The highest BCUT2D eigenvalue weighted by Crippen LogP contribution is 2.31. The molecule has 0 aliphatic heterocycles. The highest BCUT2D eigenvalue weighted by Gasteiger charge is 2.33. The van der Waals surface area contributed by atoms with Gasteiger partial charge in [-0.1, -0.05) is 25.3 Å². The Labute approximate surface area is 126 Å². The predicted molar refractivity (Wildman–Crippen MR) is 80.7 cm³/mol. The Balaban J connectivity index is 2.34. The molecule has 1 aliphatic rings. The SMILES string of the molecule is COc1ccc(CO)cc1S(=O)(=O)NC1(C)CCCCC1. The topological polar surface area (TPSA) is 75.6 Å². The van der Waals surface area contributed by atoms with E-state index >= 15 is 0 Å². The molecule has 5 nitrogen and oxygen atoms in total. The Kier molecular flexibility index (Phi) is 4.91. The van der Waals surface area contributed by atoms with Crippen molar-refractivity contribution in [2.45, 2.75) is 56.1 Å². The minimum atomic E-state index is -3.68. The quantitative estimate of drug-likeness (QED) is 0.873. The molecule has 1 saturated carbocycles. The summed E-state index contributed by atoms with van der Waals surface area (Å²) < 4.78 is 33.3. The van der Waals surface area contributed by atoms with Crippen LogP contribution in [0, 0.1) is 0 Å². The third-order valence-electron chi connectivity index (χ3n) is 4.04. The normalized spacial score (nSPS) is 18.4. The Morgan fingerprint density at radius 3 is 2.52 bits per heavy atom. The first-order valence-electron chi connectivity index (χ1n) is 7.22. The van der Waals surface area contributed by atoms with Gasteiger partial charge in [0.25, 0.3) is 0 Å². The van der Waals surface area contributed by atoms with Crippen molar-refractivity contribution in [3.63, 3.8) is 0 Å². The van der Waals surface area contributed by atoms with Gasteiger partial charge in [-0.3, -0.25) is 0 Å². The fraction of sp³-hybridized carbons (Fsp3) is 0.600. The van der Waals surface area contributed by atoms with E-state index in [4.69, 9.17) is 4.74 Å². The first kappa shape index (κ1) is 16.3. The van der Waals surface area contributed by atoms with Crippen LogP contribution < -0.4 is 9.46 Å². The molecule has 0 saturated heterocycles. The average Bonchev–Trinajstić information content (AvgIpc) is 2.46. The lowest BCUT2D eigenvalue weighted by Gasteiger charge is -2.34. The number of ether oxygens (including phenoxy) is 1. The fourth-order valence-corrected chi connectivity index (χ4v) is 4.53. The number of hydrogen-bond donors (Lipinski definition) is 2. The van der Waals surface area contributed by atoms with E-state index in [1.54, 1.807) is 12.1 Å². The van der Waals surface area contributed by atoms with E-state index in [1.165, 1.54) is 13.2 Å². The van der Waals surface area contributed by atoms with Crippen LogP contribution in [0.3, 0.4) is 0 Å². The number of sulfonamides is 1. The van der Waals surface area contributed by atoms with Crippen LogP contribution in [-0.2, 0) is 16.6 Å². The number of nitrogens with one attached hydrogen (secondary N) is 1. The lowest BCUT2D eigenvalue weighted by atomic mass is 9.84. The van der Waals surface area contributed by atoms with Crippen LogP contribution in [0.4, 0.5) is 0 Å². The number of hydrogen-bond acceptors (Lipinski definition) is 4. The van der Waals surface area contributed by atoms with Gasteiger partial charge in [-0.25, -0.2) is 13.1 Å². The summed E-state index contributed by atoms with van der Waals surface area (Å²) in [5.74, 6) is 0.291. The van der Waals surface area contributed by atoms with Crippen LogP contribution in [0.2, 0.25) is 0 Å². The molecular weight excluding hydrogens is 290 g/mol. The summed E-state index contributed by atoms with van der Waals surface area (Å²) in [6.45, 7) is 1.75. The molecule has 0 amide bonds. The van der Waals surface area contributed by atoms with Crippen molar-refractivity contribution in [2.75, 3.05) is 7.11 Å². The predicted octanol–water partition coefficient (Wildman–Crippen LogP) is 2.19. The highest BCUT2D eigenvalue weighted by atomic mass is 32.2. The first-order valence-corrected chi connectivity index (χ1v) is 8.70. The molecular formula is C15H23NO4S. The zero-order valence-electron chi connectivity index (χ0n) is 12.6. The van der Waals surface area contributed by atoms with Gasteiger partial charge in [0.2, 0.25) is 10.0 Å². The highest BCUT2D eigenvalue weighted by molar-refractivity contribution is 7.89. The number of rotatable bonds is 5. The molecule has 0 heterocycles. The third-order valence-corrected chi connectivity index (χ3v) is 5.70. The summed E-state index contributed by atoms with van der Waals surface area (Å²) in [5.41, 5.74) is 0.141. The van der Waals surface area contributed by atoms with Gasteiger partial charge in [0.1, 0.15) is 10.6 Å². The molecule has 118 valence electrons. The molecule has 21 heavy (non-hydrogen) atoms. The zero-order valence-corrected chi connectivity index (χ0v) is 13.4. The molecule has 1 aromatic rings. The third kappa shape index (κ3) is 3.75. The van der Waals surface area contributed by atoms with Gasteiger partial charge in [-0.2, -0.15) is 0 Å². The van der Waals surface area contributed by atoms with Crippen LogP contribution in [0.25, 0.3) is 0 Å². The molecule has 0 unspecified atom stereocenters. The Hall–Kier alpha value is -1.11. The lowest BCUT2D eigenvalue weighted by Crippen LogP contribution is -2.47. The van der Waals surface area contributed by atoms with Gasteiger partial charge in [-0.15, -0.1) is 0 Å². The van der Waals surface area contributed by atoms with E-state index in [0.29, 0.717) is 11.3 Å². The number of aliphatic hydroxyl groups is 1. The van der Waals surface area contributed by atoms with E-state index in [1.807, 2.05) is 6.92 Å². The van der Waals surface area contributed by atoms with Crippen molar-refractivity contribution in [3.8, 4) is 5.75 Å². The number of methoxy groups -OCH3 is 1. The van der Waals surface area contributed by atoms with E-state index < -0.39 is 15.6 Å². The van der Waals surface area contributed by atoms with E-state index in [2.05, 4.69) is 4.72 Å². The minimum absolute atomic E-state index is 0.0864. The smallest absolute Gasteiger partial charge is 0.244 e. The van der Waals surface area contributed by atoms with Gasteiger partial charge >= 0.3 is 0 Å². The second kappa shape index (κ2) is 6.34. The van der Waals surface area contributed by atoms with Gasteiger partial charge in [0.15, 0.2) is 0 Å². The second-order valence-electron chi connectivity index (χ2n) is 5.87. The molecule has 2 N–H and O–H groups in total. The molecule has 0 radical (unpaired) electrons. The molecule has 1 fully saturated rings. The van der Waals surface area contributed by atoms with Crippen molar-refractivity contribution in [1.82, 2.24) is 4.72 Å². The Morgan fingerprint density at radius 1 is 1.29 bits per heavy atom. The molecule has 0 atom stereocenters. The summed E-state index contributed by atoms with van der Waals surface area (Å²) in [6, 6.07) is 4.69. The molecule has 0 aromatic heterocycles. The molecule has 1 aliphatic carbocycles. The Bertz CT molecular complexity index is 592. The number of benzene rings is 1. The minimum Gasteiger partial charge on any atom is -0.495 e. The fourth-order valence-electron chi connectivity index (χ4n) is 2.84. The Morgan fingerprint density at radius 2 is 1.95 bits per heavy atom. The summed E-state index contributed by atoms with van der Waals surface area (Å²) in [4.78, 5) is 0.0864. The second-order valence-corrected chi connectivity index (χ2v) is 7.52. The maximum Gasteiger partial charge on any atom is 0.244 e. The van der Waals surface area contributed by atoms with Gasteiger partial charge in [0.05, 0.1) is 13.7 Å². The van der Waals surface area contributed by atoms with Crippen molar-refractivity contribution in [2.24, 2.45) is 0 Å². The maximum atomic E-state index is 12.7. The average molecular weight is 313 g/mol. The standard InChI is InChI=1S/C15H23NO4S/c1-15(8-4-3-5-9-15)16-21(18,19)14-10-12(11-17)6-7-13(14)20-2/h6-7,10,16-17H,3-5,8-9,11H2,1-2H3. The first-order chi connectivity index (χ1) is 9.90. The van der Waals surface area contributed by atoms with Crippen LogP contribution in [0.5, 0.6) is 5.75 Å².